The van der Waals surface area contributed by atoms with Gasteiger partial charge >= 0.3 is 0 Å². The molecule has 1 amide bonds. The second-order valence-electron chi connectivity index (χ2n) is 3.91. The molecule has 2 heterocycles. The zero-order chi connectivity index (χ0) is 13.3. The number of halogens is 1. The first kappa shape index (κ1) is 12.6. The van der Waals surface area contributed by atoms with Crippen LogP contribution in [0.4, 0.5) is 5.69 Å². The first-order valence-corrected chi connectivity index (χ1v) is 5.93. The number of rotatable bonds is 3. The second kappa shape index (κ2) is 4.81. The van der Waals surface area contributed by atoms with Gasteiger partial charge in [0.2, 0.25) is 0 Å². The predicted molar refractivity (Wildman–Crippen MR) is 68.8 cm³/mol. The Balaban J connectivity index is 2.21. The fourth-order valence-electron chi connectivity index (χ4n) is 1.68. The molecule has 0 atom stereocenters. The van der Waals surface area contributed by atoms with Gasteiger partial charge in [-0.15, -0.1) is 0 Å². The maximum Gasteiger partial charge on any atom is 0.277 e. The van der Waals surface area contributed by atoms with E-state index in [2.05, 4.69) is 15.5 Å². The molecule has 0 saturated heterocycles. The van der Waals surface area contributed by atoms with Crippen LogP contribution in [-0.2, 0) is 13.6 Å². The highest BCUT2D eigenvalue weighted by molar-refractivity contribution is 6.34. The number of nitrogens with one attached hydrogen (secondary N) is 1. The van der Waals surface area contributed by atoms with Gasteiger partial charge in [-0.3, -0.25) is 14.2 Å². The third-order valence-corrected chi connectivity index (χ3v) is 2.93. The van der Waals surface area contributed by atoms with E-state index in [1.807, 2.05) is 13.8 Å². The largest absolute Gasteiger partial charge is 0.318 e. The lowest BCUT2D eigenvalue weighted by Gasteiger charge is -2.03. The van der Waals surface area contributed by atoms with Crippen molar-refractivity contribution in [3.8, 4) is 0 Å². The lowest BCUT2D eigenvalue weighted by atomic mass is 10.3. The van der Waals surface area contributed by atoms with Crippen LogP contribution in [0.1, 0.15) is 23.1 Å². The molecular weight excluding hydrogens is 254 g/mol. The molecule has 96 valence electrons. The molecule has 0 aliphatic rings. The summed E-state index contributed by atoms with van der Waals surface area (Å²) in [5.74, 6) is -0.334. The van der Waals surface area contributed by atoms with Crippen molar-refractivity contribution in [3.63, 3.8) is 0 Å². The van der Waals surface area contributed by atoms with Gasteiger partial charge in [0.05, 0.1) is 22.6 Å². The highest BCUT2D eigenvalue weighted by atomic mass is 35.5. The molecule has 0 radical (unpaired) electrons. The molecule has 0 unspecified atom stereocenters. The van der Waals surface area contributed by atoms with Crippen molar-refractivity contribution in [2.75, 3.05) is 5.32 Å². The first-order valence-electron chi connectivity index (χ1n) is 5.55. The van der Waals surface area contributed by atoms with E-state index in [9.17, 15) is 4.79 Å². The molecule has 0 aromatic carbocycles. The van der Waals surface area contributed by atoms with Gasteiger partial charge in [-0.1, -0.05) is 11.6 Å². The van der Waals surface area contributed by atoms with Gasteiger partial charge in [0.15, 0.2) is 5.69 Å². The Kier molecular flexibility index (Phi) is 3.38. The van der Waals surface area contributed by atoms with Crippen LogP contribution in [-0.4, -0.2) is 25.5 Å². The molecular formula is C11H14ClN5O. The molecule has 6 nitrogen and oxygen atoms in total. The number of amides is 1. The third kappa shape index (κ3) is 2.24. The summed E-state index contributed by atoms with van der Waals surface area (Å²) >= 11 is 5.91. The fourth-order valence-corrected chi connectivity index (χ4v) is 1.95. The highest BCUT2D eigenvalue weighted by Gasteiger charge is 2.16. The molecule has 2 aromatic rings. The molecule has 0 fully saturated rings. The van der Waals surface area contributed by atoms with E-state index in [0.717, 1.165) is 12.2 Å². The Morgan fingerprint density at radius 1 is 1.56 bits per heavy atom. The number of hydrogen-bond donors (Lipinski definition) is 1. The summed E-state index contributed by atoms with van der Waals surface area (Å²) in [6, 6.07) is 0. The summed E-state index contributed by atoms with van der Waals surface area (Å²) in [5.41, 5.74) is 1.78. The topological polar surface area (TPSA) is 64.7 Å². The summed E-state index contributed by atoms with van der Waals surface area (Å²) in [5, 5.41) is 11.2. The lowest BCUT2D eigenvalue weighted by molar-refractivity contribution is 0.102. The number of hydrogen-bond acceptors (Lipinski definition) is 3. The number of nitrogens with zero attached hydrogens (tertiary/aromatic N) is 4. The SMILES string of the molecule is CCn1ncc(NC(=O)c2nn(C)cc2Cl)c1C. The maximum atomic E-state index is 12.0. The van der Waals surface area contributed by atoms with Gasteiger partial charge in [-0.2, -0.15) is 10.2 Å². The van der Waals surface area contributed by atoms with Crippen LogP contribution in [0, 0.1) is 6.92 Å². The molecule has 1 N–H and O–H groups in total. The molecule has 2 aromatic heterocycles. The Labute approximate surface area is 110 Å². The zero-order valence-corrected chi connectivity index (χ0v) is 11.2. The van der Waals surface area contributed by atoms with Gasteiger partial charge in [0.25, 0.3) is 5.91 Å². The van der Waals surface area contributed by atoms with Crippen LogP contribution in [0.25, 0.3) is 0 Å². The van der Waals surface area contributed by atoms with Crippen molar-refractivity contribution in [1.82, 2.24) is 19.6 Å². The normalized spacial score (nSPS) is 10.7. The van der Waals surface area contributed by atoms with Gasteiger partial charge in [0, 0.05) is 19.8 Å². The average Bonchev–Trinajstić information content (AvgIpc) is 2.83. The van der Waals surface area contributed by atoms with Crippen molar-refractivity contribution >= 4 is 23.2 Å². The van der Waals surface area contributed by atoms with Gasteiger partial charge in [-0.25, -0.2) is 0 Å². The molecule has 18 heavy (non-hydrogen) atoms. The Morgan fingerprint density at radius 2 is 2.28 bits per heavy atom. The van der Waals surface area contributed by atoms with E-state index in [0.29, 0.717) is 10.7 Å². The maximum absolute atomic E-state index is 12.0. The van der Waals surface area contributed by atoms with Crippen molar-refractivity contribution < 1.29 is 4.79 Å². The highest BCUT2D eigenvalue weighted by Crippen LogP contribution is 2.18. The van der Waals surface area contributed by atoms with E-state index >= 15 is 0 Å². The number of aromatic nitrogens is 4. The Morgan fingerprint density at radius 3 is 2.78 bits per heavy atom. The van der Waals surface area contributed by atoms with Crippen LogP contribution in [0.2, 0.25) is 5.02 Å². The Bertz CT molecular complexity index is 586. The smallest absolute Gasteiger partial charge is 0.277 e. The van der Waals surface area contributed by atoms with E-state index in [-0.39, 0.29) is 11.6 Å². The number of aryl methyl sites for hydroxylation is 2. The summed E-state index contributed by atoms with van der Waals surface area (Å²) < 4.78 is 3.30. The van der Waals surface area contributed by atoms with Crippen molar-refractivity contribution in [1.29, 1.82) is 0 Å². The molecule has 0 aliphatic heterocycles. The third-order valence-electron chi connectivity index (χ3n) is 2.65. The molecule has 2 rings (SSSR count). The van der Waals surface area contributed by atoms with E-state index in [1.165, 1.54) is 4.68 Å². The van der Waals surface area contributed by atoms with Crippen molar-refractivity contribution in [2.45, 2.75) is 20.4 Å². The first-order chi connectivity index (χ1) is 8.52. The van der Waals surface area contributed by atoms with Crippen LogP contribution >= 0.6 is 11.6 Å². The van der Waals surface area contributed by atoms with E-state index in [4.69, 9.17) is 11.6 Å². The number of carbonyl (C=O) groups excluding carboxylic acids is 1. The molecule has 0 saturated carbocycles. The monoisotopic (exact) mass is 267 g/mol. The van der Waals surface area contributed by atoms with Crippen LogP contribution in [0.15, 0.2) is 12.4 Å². The molecule has 7 heteroatoms. The van der Waals surface area contributed by atoms with E-state index < -0.39 is 0 Å². The van der Waals surface area contributed by atoms with Gasteiger partial charge < -0.3 is 5.32 Å². The summed E-state index contributed by atoms with van der Waals surface area (Å²) in [6.45, 7) is 4.64. The summed E-state index contributed by atoms with van der Waals surface area (Å²) in [6.07, 6.45) is 3.20. The predicted octanol–water partition coefficient (Wildman–Crippen LogP) is 1.85. The van der Waals surface area contributed by atoms with Crippen LogP contribution < -0.4 is 5.32 Å². The van der Waals surface area contributed by atoms with Crippen molar-refractivity contribution in [3.05, 3.63) is 28.8 Å². The van der Waals surface area contributed by atoms with Gasteiger partial charge in [-0.05, 0) is 13.8 Å². The minimum absolute atomic E-state index is 0.211. The summed E-state index contributed by atoms with van der Waals surface area (Å²) in [7, 11) is 1.71. The van der Waals surface area contributed by atoms with Crippen molar-refractivity contribution in [2.24, 2.45) is 7.05 Å². The minimum atomic E-state index is -0.334. The average molecular weight is 268 g/mol. The lowest BCUT2D eigenvalue weighted by Crippen LogP contribution is -2.14. The molecule has 0 aliphatic carbocycles. The quantitative estimate of drug-likeness (QED) is 0.923. The fraction of sp³-hybridized carbons (Fsp3) is 0.364. The van der Waals surface area contributed by atoms with E-state index in [1.54, 1.807) is 24.1 Å². The van der Waals surface area contributed by atoms with Crippen LogP contribution in [0.5, 0.6) is 0 Å². The Hall–Kier alpha value is -1.82. The summed E-state index contributed by atoms with van der Waals surface area (Å²) in [4.78, 5) is 12.0. The molecule has 0 spiro atoms. The second-order valence-corrected chi connectivity index (χ2v) is 4.32. The number of carbonyl (C=O) groups is 1. The zero-order valence-electron chi connectivity index (χ0n) is 10.4. The standard InChI is InChI=1S/C11H14ClN5O/c1-4-17-7(2)9(5-13-17)14-11(18)10-8(12)6-16(3)15-10/h5-6H,4H2,1-3H3,(H,14,18). The molecule has 0 bridgehead atoms. The number of anilines is 1. The van der Waals surface area contributed by atoms with Gasteiger partial charge in [0.1, 0.15) is 0 Å². The van der Waals surface area contributed by atoms with Crippen LogP contribution in [0.3, 0.4) is 0 Å². The minimum Gasteiger partial charge on any atom is -0.318 e.